The molecule has 5 nitrogen and oxygen atoms in total. The fourth-order valence-corrected chi connectivity index (χ4v) is 2.28. The standard InChI is InChI=1S/C11H12N4OS/c1-6-4-8(15-17-6)11(16)13-9-5-12-14-10(9)7-2-3-7/h4-5,7H,2-3H2,1H3,(H,12,14)(H,13,16). The van der Waals surface area contributed by atoms with E-state index in [1.807, 2.05) is 6.92 Å². The second-order valence-electron chi connectivity index (χ2n) is 4.25. The molecular formula is C11H12N4OS. The number of aromatic amines is 1. The molecule has 2 aromatic heterocycles. The van der Waals surface area contributed by atoms with E-state index in [9.17, 15) is 4.79 Å². The molecule has 3 rings (SSSR count). The minimum Gasteiger partial charge on any atom is -0.318 e. The number of carbonyl (C=O) groups is 1. The fourth-order valence-electron chi connectivity index (χ4n) is 1.74. The largest absolute Gasteiger partial charge is 0.318 e. The molecule has 17 heavy (non-hydrogen) atoms. The van der Waals surface area contributed by atoms with E-state index in [0.717, 1.165) is 16.3 Å². The molecule has 1 saturated carbocycles. The van der Waals surface area contributed by atoms with Crippen LogP contribution >= 0.6 is 11.5 Å². The number of nitrogens with zero attached hydrogens (tertiary/aromatic N) is 2. The SMILES string of the molecule is Cc1cc(C(=O)Nc2cn[nH]c2C2CC2)ns1. The van der Waals surface area contributed by atoms with Crippen molar-refractivity contribution in [3.05, 3.63) is 28.5 Å². The van der Waals surface area contributed by atoms with Gasteiger partial charge in [0.05, 0.1) is 17.6 Å². The maximum Gasteiger partial charge on any atom is 0.275 e. The average molecular weight is 248 g/mol. The number of anilines is 1. The van der Waals surface area contributed by atoms with E-state index in [1.165, 1.54) is 24.4 Å². The molecule has 0 bridgehead atoms. The lowest BCUT2D eigenvalue weighted by atomic mass is 10.2. The van der Waals surface area contributed by atoms with Gasteiger partial charge in [-0.05, 0) is 37.4 Å². The second kappa shape index (κ2) is 3.96. The van der Waals surface area contributed by atoms with E-state index < -0.39 is 0 Å². The van der Waals surface area contributed by atoms with Gasteiger partial charge >= 0.3 is 0 Å². The second-order valence-corrected chi connectivity index (χ2v) is 5.26. The first kappa shape index (κ1) is 10.5. The Kier molecular flexibility index (Phi) is 2.44. The minimum atomic E-state index is -0.169. The van der Waals surface area contributed by atoms with Gasteiger partial charge in [-0.15, -0.1) is 0 Å². The van der Waals surface area contributed by atoms with Crippen molar-refractivity contribution in [2.75, 3.05) is 5.32 Å². The predicted octanol–water partition coefficient (Wildman–Crippen LogP) is 2.30. The summed E-state index contributed by atoms with van der Waals surface area (Å²) >= 11 is 1.33. The van der Waals surface area contributed by atoms with Gasteiger partial charge in [-0.2, -0.15) is 9.47 Å². The molecule has 1 fully saturated rings. The summed E-state index contributed by atoms with van der Waals surface area (Å²) < 4.78 is 4.09. The van der Waals surface area contributed by atoms with E-state index >= 15 is 0 Å². The normalized spacial score (nSPS) is 14.9. The summed E-state index contributed by atoms with van der Waals surface area (Å²) in [6.45, 7) is 1.93. The Labute approximate surface area is 102 Å². The van der Waals surface area contributed by atoms with Crippen LogP contribution in [0.4, 0.5) is 5.69 Å². The molecule has 2 heterocycles. The Morgan fingerprint density at radius 1 is 1.59 bits per heavy atom. The number of carbonyl (C=O) groups excluding carboxylic acids is 1. The Balaban J connectivity index is 1.78. The third-order valence-electron chi connectivity index (χ3n) is 2.76. The lowest BCUT2D eigenvalue weighted by Crippen LogP contribution is -2.12. The molecule has 2 aromatic rings. The molecule has 88 valence electrons. The summed E-state index contributed by atoms with van der Waals surface area (Å²) in [5, 5.41) is 9.78. The monoisotopic (exact) mass is 248 g/mol. The van der Waals surface area contributed by atoms with Crippen LogP contribution in [0.15, 0.2) is 12.3 Å². The van der Waals surface area contributed by atoms with Gasteiger partial charge in [-0.1, -0.05) is 0 Å². The predicted molar refractivity (Wildman–Crippen MR) is 65.4 cm³/mol. The summed E-state index contributed by atoms with van der Waals surface area (Å²) in [7, 11) is 0. The Morgan fingerprint density at radius 3 is 3.06 bits per heavy atom. The first-order valence-electron chi connectivity index (χ1n) is 5.52. The Hall–Kier alpha value is -1.69. The first-order chi connectivity index (χ1) is 8.24. The zero-order valence-corrected chi connectivity index (χ0v) is 10.2. The van der Waals surface area contributed by atoms with Crippen LogP contribution in [0.3, 0.4) is 0 Å². The lowest BCUT2D eigenvalue weighted by molar-refractivity contribution is 0.102. The van der Waals surface area contributed by atoms with Gasteiger partial charge in [0.15, 0.2) is 0 Å². The molecule has 2 N–H and O–H groups in total. The molecule has 6 heteroatoms. The fraction of sp³-hybridized carbons (Fsp3) is 0.364. The highest BCUT2D eigenvalue weighted by Gasteiger charge is 2.28. The number of hydrogen-bond acceptors (Lipinski definition) is 4. The van der Waals surface area contributed by atoms with Gasteiger partial charge in [-0.3, -0.25) is 9.89 Å². The van der Waals surface area contributed by atoms with Gasteiger partial charge in [0.25, 0.3) is 5.91 Å². The van der Waals surface area contributed by atoms with Crippen LogP contribution in [0, 0.1) is 6.92 Å². The molecular weight excluding hydrogens is 236 g/mol. The molecule has 0 aromatic carbocycles. The van der Waals surface area contributed by atoms with E-state index in [0.29, 0.717) is 11.6 Å². The highest BCUT2D eigenvalue weighted by Crippen LogP contribution is 2.42. The van der Waals surface area contributed by atoms with Crippen LogP contribution < -0.4 is 5.32 Å². The quantitative estimate of drug-likeness (QED) is 0.875. The topological polar surface area (TPSA) is 70.7 Å². The van der Waals surface area contributed by atoms with Crippen LogP contribution in [0.5, 0.6) is 0 Å². The third-order valence-corrected chi connectivity index (χ3v) is 3.46. The zero-order valence-electron chi connectivity index (χ0n) is 9.36. The maximum absolute atomic E-state index is 11.9. The van der Waals surface area contributed by atoms with Gasteiger partial charge in [-0.25, -0.2) is 0 Å². The van der Waals surface area contributed by atoms with Crippen LogP contribution in [0.25, 0.3) is 0 Å². The summed E-state index contributed by atoms with van der Waals surface area (Å²) in [6, 6.07) is 1.79. The number of rotatable bonds is 3. The van der Waals surface area contributed by atoms with Gasteiger partial charge in [0.2, 0.25) is 0 Å². The van der Waals surface area contributed by atoms with Crippen LogP contribution in [0.2, 0.25) is 0 Å². The van der Waals surface area contributed by atoms with Gasteiger partial charge < -0.3 is 5.32 Å². The van der Waals surface area contributed by atoms with Crippen molar-refractivity contribution in [1.82, 2.24) is 14.6 Å². The molecule has 0 atom stereocenters. The van der Waals surface area contributed by atoms with Crippen molar-refractivity contribution in [2.24, 2.45) is 0 Å². The molecule has 1 amide bonds. The molecule has 0 aliphatic heterocycles. The van der Waals surface area contributed by atoms with Crippen LogP contribution in [-0.4, -0.2) is 20.5 Å². The maximum atomic E-state index is 11.9. The number of hydrogen-bond donors (Lipinski definition) is 2. The highest BCUT2D eigenvalue weighted by molar-refractivity contribution is 7.05. The molecule has 1 aliphatic carbocycles. The van der Waals surface area contributed by atoms with Crippen molar-refractivity contribution < 1.29 is 4.79 Å². The summed E-state index contributed by atoms with van der Waals surface area (Å²) in [6.07, 6.45) is 3.99. The van der Waals surface area contributed by atoms with Crippen molar-refractivity contribution in [3.63, 3.8) is 0 Å². The molecule has 0 unspecified atom stereocenters. The molecule has 0 spiro atoms. The molecule has 0 saturated heterocycles. The van der Waals surface area contributed by atoms with Gasteiger partial charge in [0, 0.05) is 10.8 Å². The highest BCUT2D eigenvalue weighted by atomic mass is 32.1. The number of aryl methyl sites for hydroxylation is 1. The van der Waals surface area contributed by atoms with Crippen LogP contribution in [-0.2, 0) is 0 Å². The number of aromatic nitrogens is 3. The van der Waals surface area contributed by atoms with Crippen molar-refractivity contribution >= 4 is 23.1 Å². The van der Waals surface area contributed by atoms with Crippen molar-refractivity contribution in [3.8, 4) is 0 Å². The third kappa shape index (κ3) is 2.08. The van der Waals surface area contributed by atoms with E-state index in [1.54, 1.807) is 12.3 Å². The average Bonchev–Trinajstić information content (AvgIpc) is 2.89. The van der Waals surface area contributed by atoms with E-state index in [2.05, 4.69) is 19.9 Å². The number of nitrogens with one attached hydrogen (secondary N) is 2. The van der Waals surface area contributed by atoms with Crippen molar-refractivity contribution in [1.29, 1.82) is 0 Å². The van der Waals surface area contributed by atoms with E-state index in [-0.39, 0.29) is 5.91 Å². The van der Waals surface area contributed by atoms with Crippen molar-refractivity contribution in [2.45, 2.75) is 25.7 Å². The smallest absolute Gasteiger partial charge is 0.275 e. The number of H-pyrrole nitrogens is 1. The Bertz CT molecular complexity index is 555. The molecule has 1 aliphatic rings. The molecule has 0 radical (unpaired) electrons. The van der Waals surface area contributed by atoms with Crippen LogP contribution in [0.1, 0.15) is 39.8 Å². The Morgan fingerprint density at radius 2 is 2.41 bits per heavy atom. The summed E-state index contributed by atoms with van der Waals surface area (Å²) in [4.78, 5) is 12.9. The summed E-state index contributed by atoms with van der Waals surface area (Å²) in [5.74, 6) is 0.364. The lowest BCUT2D eigenvalue weighted by Gasteiger charge is -2.02. The zero-order chi connectivity index (χ0) is 11.8. The first-order valence-corrected chi connectivity index (χ1v) is 6.29. The van der Waals surface area contributed by atoms with Gasteiger partial charge in [0.1, 0.15) is 5.69 Å². The number of amides is 1. The van der Waals surface area contributed by atoms with E-state index in [4.69, 9.17) is 0 Å². The summed E-state index contributed by atoms with van der Waals surface area (Å²) in [5.41, 5.74) is 2.28. The minimum absolute atomic E-state index is 0.169.